The van der Waals surface area contributed by atoms with Gasteiger partial charge in [-0.1, -0.05) is 6.08 Å². The summed E-state index contributed by atoms with van der Waals surface area (Å²) in [7, 11) is 0. The van der Waals surface area contributed by atoms with Crippen LogP contribution < -0.4 is 5.32 Å². The van der Waals surface area contributed by atoms with E-state index in [4.69, 9.17) is 9.47 Å². The molecule has 3 heteroatoms. The summed E-state index contributed by atoms with van der Waals surface area (Å²) in [5.74, 6) is 0. The molecule has 1 aliphatic heterocycles. The van der Waals surface area contributed by atoms with Crippen molar-refractivity contribution in [1.82, 2.24) is 5.32 Å². The fourth-order valence-electron chi connectivity index (χ4n) is 1.54. The van der Waals surface area contributed by atoms with Crippen LogP contribution in [0.3, 0.4) is 0 Å². The molecular weight excluding hydrogens is 178 g/mol. The van der Waals surface area contributed by atoms with Crippen LogP contribution in [0.4, 0.5) is 0 Å². The zero-order valence-electron chi connectivity index (χ0n) is 9.00. The molecule has 1 aliphatic rings. The van der Waals surface area contributed by atoms with Crippen molar-refractivity contribution in [2.24, 2.45) is 0 Å². The molecule has 0 aromatic heterocycles. The number of hydrogen-bond acceptors (Lipinski definition) is 3. The number of hydrogen-bond donors (Lipinski definition) is 1. The van der Waals surface area contributed by atoms with Crippen molar-refractivity contribution in [3.63, 3.8) is 0 Å². The first-order valence-electron chi connectivity index (χ1n) is 5.37. The van der Waals surface area contributed by atoms with Crippen molar-refractivity contribution in [2.45, 2.75) is 32.0 Å². The molecule has 1 N–H and O–H groups in total. The minimum atomic E-state index is 0.245. The van der Waals surface area contributed by atoms with Gasteiger partial charge in [0.25, 0.3) is 0 Å². The van der Waals surface area contributed by atoms with Crippen LogP contribution in [0.5, 0.6) is 0 Å². The van der Waals surface area contributed by atoms with Gasteiger partial charge in [-0.3, -0.25) is 0 Å². The highest BCUT2D eigenvalue weighted by Crippen LogP contribution is 2.10. The Labute approximate surface area is 86.5 Å². The van der Waals surface area contributed by atoms with Gasteiger partial charge in [0.2, 0.25) is 0 Å². The molecule has 0 aromatic carbocycles. The standard InChI is InChI=1S/C11H21NO2/c1-3-6-13-10(2)8-12-9-11-5-4-7-14-11/h3,10-12H,1,4-9H2,2H3. The van der Waals surface area contributed by atoms with Crippen LogP contribution >= 0.6 is 0 Å². The Balaban J connectivity index is 1.93. The minimum absolute atomic E-state index is 0.245. The first kappa shape index (κ1) is 11.7. The number of ether oxygens (including phenoxy) is 2. The lowest BCUT2D eigenvalue weighted by atomic mass is 10.2. The van der Waals surface area contributed by atoms with Crippen molar-refractivity contribution in [3.8, 4) is 0 Å². The van der Waals surface area contributed by atoms with E-state index in [-0.39, 0.29) is 6.10 Å². The van der Waals surface area contributed by atoms with E-state index in [0.717, 1.165) is 19.7 Å². The molecule has 82 valence electrons. The molecule has 1 rings (SSSR count). The fraction of sp³-hybridized carbons (Fsp3) is 0.818. The second-order valence-corrected chi connectivity index (χ2v) is 3.73. The maximum atomic E-state index is 5.50. The average Bonchev–Trinajstić information content (AvgIpc) is 2.67. The Kier molecular flexibility index (Phi) is 5.83. The minimum Gasteiger partial charge on any atom is -0.377 e. The maximum Gasteiger partial charge on any atom is 0.0700 e. The van der Waals surface area contributed by atoms with E-state index in [2.05, 4.69) is 18.8 Å². The molecule has 0 bridgehead atoms. The Morgan fingerprint density at radius 2 is 2.57 bits per heavy atom. The van der Waals surface area contributed by atoms with Gasteiger partial charge in [0.15, 0.2) is 0 Å². The van der Waals surface area contributed by atoms with E-state index in [1.54, 1.807) is 6.08 Å². The highest BCUT2D eigenvalue weighted by molar-refractivity contribution is 4.69. The molecular formula is C11H21NO2. The van der Waals surface area contributed by atoms with Crippen molar-refractivity contribution in [1.29, 1.82) is 0 Å². The van der Waals surface area contributed by atoms with Crippen LogP contribution in [-0.2, 0) is 9.47 Å². The van der Waals surface area contributed by atoms with E-state index in [1.807, 2.05) is 0 Å². The van der Waals surface area contributed by atoms with Crippen LogP contribution in [0, 0.1) is 0 Å². The van der Waals surface area contributed by atoms with E-state index in [0.29, 0.717) is 12.7 Å². The molecule has 2 atom stereocenters. The van der Waals surface area contributed by atoms with E-state index in [1.165, 1.54) is 12.8 Å². The van der Waals surface area contributed by atoms with Gasteiger partial charge in [0.05, 0.1) is 18.8 Å². The maximum absolute atomic E-state index is 5.50. The van der Waals surface area contributed by atoms with Crippen LogP contribution in [-0.4, -0.2) is 38.5 Å². The second kappa shape index (κ2) is 6.98. The summed E-state index contributed by atoms with van der Waals surface area (Å²) in [6.07, 6.45) is 4.83. The molecule has 1 heterocycles. The molecule has 1 fully saturated rings. The third-order valence-electron chi connectivity index (χ3n) is 2.33. The molecule has 0 saturated carbocycles. The van der Waals surface area contributed by atoms with Crippen LogP contribution in [0.25, 0.3) is 0 Å². The Hall–Kier alpha value is -0.380. The molecule has 0 aliphatic carbocycles. The molecule has 0 amide bonds. The Bertz CT molecular complexity index is 155. The molecule has 0 spiro atoms. The third kappa shape index (κ3) is 4.74. The lowest BCUT2D eigenvalue weighted by Crippen LogP contribution is -2.33. The summed E-state index contributed by atoms with van der Waals surface area (Å²) in [5, 5.41) is 3.35. The largest absolute Gasteiger partial charge is 0.377 e. The second-order valence-electron chi connectivity index (χ2n) is 3.73. The lowest BCUT2D eigenvalue weighted by molar-refractivity contribution is 0.0772. The molecule has 14 heavy (non-hydrogen) atoms. The molecule has 3 nitrogen and oxygen atoms in total. The molecule has 0 aromatic rings. The van der Waals surface area contributed by atoms with E-state index in [9.17, 15) is 0 Å². The van der Waals surface area contributed by atoms with Gasteiger partial charge < -0.3 is 14.8 Å². The SMILES string of the molecule is C=CCOC(C)CNCC1CCCO1. The summed E-state index contributed by atoms with van der Waals surface area (Å²) >= 11 is 0. The van der Waals surface area contributed by atoms with Crippen LogP contribution in [0.1, 0.15) is 19.8 Å². The number of rotatable bonds is 7. The zero-order chi connectivity index (χ0) is 10.2. The Morgan fingerprint density at radius 3 is 3.21 bits per heavy atom. The topological polar surface area (TPSA) is 30.5 Å². The van der Waals surface area contributed by atoms with Crippen LogP contribution in [0.15, 0.2) is 12.7 Å². The molecule has 1 saturated heterocycles. The predicted molar refractivity (Wildman–Crippen MR) is 57.5 cm³/mol. The van der Waals surface area contributed by atoms with Gasteiger partial charge in [-0.05, 0) is 19.8 Å². The van der Waals surface area contributed by atoms with Gasteiger partial charge in [-0.25, -0.2) is 0 Å². The predicted octanol–water partition coefficient (Wildman–Crippen LogP) is 1.35. The summed E-state index contributed by atoms with van der Waals surface area (Å²) in [4.78, 5) is 0. The van der Waals surface area contributed by atoms with Crippen molar-refractivity contribution < 1.29 is 9.47 Å². The summed E-state index contributed by atoms with van der Waals surface area (Å²) in [6.45, 7) is 9.05. The van der Waals surface area contributed by atoms with Crippen molar-refractivity contribution in [3.05, 3.63) is 12.7 Å². The molecule has 0 radical (unpaired) electrons. The van der Waals surface area contributed by atoms with E-state index < -0.39 is 0 Å². The van der Waals surface area contributed by atoms with Gasteiger partial charge >= 0.3 is 0 Å². The normalized spacial score (nSPS) is 23.6. The third-order valence-corrected chi connectivity index (χ3v) is 2.33. The van der Waals surface area contributed by atoms with Gasteiger partial charge in [-0.2, -0.15) is 0 Å². The lowest BCUT2D eigenvalue weighted by Gasteiger charge is -2.15. The Morgan fingerprint density at radius 1 is 1.71 bits per heavy atom. The first-order valence-corrected chi connectivity index (χ1v) is 5.37. The van der Waals surface area contributed by atoms with Crippen molar-refractivity contribution >= 4 is 0 Å². The zero-order valence-corrected chi connectivity index (χ0v) is 9.00. The first-order chi connectivity index (χ1) is 6.83. The van der Waals surface area contributed by atoms with Crippen LogP contribution in [0.2, 0.25) is 0 Å². The van der Waals surface area contributed by atoms with Gasteiger partial charge in [0.1, 0.15) is 0 Å². The average molecular weight is 199 g/mol. The van der Waals surface area contributed by atoms with Gasteiger partial charge in [0, 0.05) is 19.7 Å². The quantitative estimate of drug-likeness (QED) is 0.628. The monoisotopic (exact) mass is 199 g/mol. The summed E-state index contributed by atoms with van der Waals surface area (Å²) in [5.41, 5.74) is 0. The highest BCUT2D eigenvalue weighted by atomic mass is 16.5. The fourth-order valence-corrected chi connectivity index (χ4v) is 1.54. The number of nitrogens with one attached hydrogen (secondary N) is 1. The smallest absolute Gasteiger partial charge is 0.0700 e. The van der Waals surface area contributed by atoms with Crippen molar-refractivity contribution in [2.75, 3.05) is 26.3 Å². The summed E-state index contributed by atoms with van der Waals surface area (Å²) in [6, 6.07) is 0. The summed E-state index contributed by atoms with van der Waals surface area (Å²) < 4.78 is 10.9. The van der Waals surface area contributed by atoms with E-state index >= 15 is 0 Å². The molecule has 2 unspecified atom stereocenters. The highest BCUT2D eigenvalue weighted by Gasteiger charge is 2.14. The van der Waals surface area contributed by atoms with Gasteiger partial charge in [-0.15, -0.1) is 6.58 Å².